The van der Waals surface area contributed by atoms with Gasteiger partial charge in [0.1, 0.15) is 0 Å². The zero-order valence-electron chi connectivity index (χ0n) is 16.5. The van der Waals surface area contributed by atoms with Crippen LogP contribution >= 0.6 is 0 Å². The molecule has 2 atom stereocenters. The molecule has 3 aliphatic rings. The van der Waals surface area contributed by atoms with Crippen LogP contribution in [0.25, 0.3) is 0 Å². The number of hydrogen-bond acceptors (Lipinski definition) is 1. The number of rotatable bonds is 3. The van der Waals surface area contributed by atoms with Gasteiger partial charge in [-0.25, -0.2) is 0 Å². The molecule has 2 heteroatoms. The molecule has 3 saturated carbocycles. The SMILES string of the molecule is CCOC1C[CH-]C(C#CC2CCC(C3CCC(C)CC3)CC2)CC1.[Y]. The Hall–Kier alpha value is 0.624. The van der Waals surface area contributed by atoms with Gasteiger partial charge in [-0.1, -0.05) is 26.2 Å². The molecule has 0 aliphatic heterocycles. The predicted octanol–water partition coefficient (Wildman–Crippen LogP) is 6.03. The van der Waals surface area contributed by atoms with E-state index in [9.17, 15) is 0 Å². The van der Waals surface area contributed by atoms with Crippen LogP contribution in [0.2, 0.25) is 0 Å². The van der Waals surface area contributed by atoms with Gasteiger partial charge in [0, 0.05) is 51.3 Å². The fraction of sp³-hybridized carbons (Fsp3) is 0.870. The van der Waals surface area contributed by atoms with Gasteiger partial charge in [-0.3, -0.25) is 0 Å². The summed E-state index contributed by atoms with van der Waals surface area (Å²) in [4.78, 5) is 0. The first-order chi connectivity index (χ1) is 11.7. The molecule has 2 unspecified atom stereocenters. The Morgan fingerprint density at radius 2 is 1.48 bits per heavy atom. The van der Waals surface area contributed by atoms with Crippen molar-refractivity contribution >= 4 is 0 Å². The van der Waals surface area contributed by atoms with Crippen molar-refractivity contribution in [3.63, 3.8) is 0 Å². The summed E-state index contributed by atoms with van der Waals surface area (Å²) >= 11 is 0. The first-order valence-corrected chi connectivity index (χ1v) is 10.7. The maximum absolute atomic E-state index is 5.72. The Morgan fingerprint density at radius 3 is 2.04 bits per heavy atom. The maximum atomic E-state index is 5.72. The van der Waals surface area contributed by atoms with Crippen LogP contribution in [0.15, 0.2) is 0 Å². The largest absolute Gasteiger partial charge is 0.381 e. The van der Waals surface area contributed by atoms with Crippen molar-refractivity contribution in [1.29, 1.82) is 0 Å². The molecule has 0 N–H and O–H groups in total. The van der Waals surface area contributed by atoms with Crippen LogP contribution in [-0.4, -0.2) is 12.7 Å². The smallest absolute Gasteiger partial charge is 0.0440 e. The summed E-state index contributed by atoms with van der Waals surface area (Å²) < 4.78 is 5.72. The van der Waals surface area contributed by atoms with E-state index in [4.69, 9.17) is 4.74 Å². The minimum absolute atomic E-state index is 0. The Labute approximate surface area is 181 Å². The van der Waals surface area contributed by atoms with E-state index in [1.807, 2.05) is 0 Å². The molecule has 0 heterocycles. The van der Waals surface area contributed by atoms with Gasteiger partial charge in [-0.2, -0.15) is 6.42 Å². The molecule has 3 rings (SSSR count). The summed E-state index contributed by atoms with van der Waals surface area (Å²) in [5, 5.41) is 0. The number of hydrogen-bond donors (Lipinski definition) is 0. The zero-order valence-corrected chi connectivity index (χ0v) is 19.4. The quantitative estimate of drug-likeness (QED) is 0.402. The average molecular weight is 418 g/mol. The fourth-order valence-corrected chi connectivity index (χ4v) is 5.15. The standard InChI is InChI=1S/C23H37O.Y/c1-3-24-23-16-10-20(11-17-23)7-6-19-8-14-22(15-9-19)21-12-4-18(2)5-13-21;/h10,18-23H,3-5,8-9,11-17H2,1-2H3;/q-1;. The van der Waals surface area contributed by atoms with Crippen LogP contribution in [0.1, 0.15) is 84.5 Å². The molecule has 1 nitrogen and oxygen atoms in total. The minimum Gasteiger partial charge on any atom is -0.381 e. The Bertz CT molecular complexity index is 413. The molecule has 0 aromatic carbocycles. The Kier molecular flexibility index (Phi) is 10.1. The molecular weight excluding hydrogens is 381 g/mol. The van der Waals surface area contributed by atoms with E-state index in [0.29, 0.717) is 17.9 Å². The fourth-order valence-electron chi connectivity index (χ4n) is 5.15. The van der Waals surface area contributed by atoms with Crippen LogP contribution in [0.4, 0.5) is 0 Å². The van der Waals surface area contributed by atoms with Crippen molar-refractivity contribution in [2.24, 2.45) is 29.6 Å². The topological polar surface area (TPSA) is 9.23 Å². The Balaban J connectivity index is 0.00000225. The van der Waals surface area contributed by atoms with Gasteiger partial charge >= 0.3 is 0 Å². The average Bonchev–Trinajstić information content (AvgIpc) is 2.63. The Morgan fingerprint density at radius 1 is 0.840 bits per heavy atom. The minimum atomic E-state index is 0. The summed E-state index contributed by atoms with van der Waals surface area (Å²) in [6.07, 6.45) is 17.9. The van der Waals surface area contributed by atoms with Crippen LogP contribution in [0.3, 0.4) is 0 Å². The zero-order chi connectivity index (χ0) is 16.8. The van der Waals surface area contributed by atoms with Crippen molar-refractivity contribution in [2.75, 3.05) is 6.61 Å². The molecule has 3 aliphatic carbocycles. The van der Waals surface area contributed by atoms with Crippen LogP contribution < -0.4 is 0 Å². The van der Waals surface area contributed by atoms with Gasteiger partial charge in [-0.05, 0) is 69.6 Å². The maximum Gasteiger partial charge on any atom is 0.0440 e. The van der Waals surface area contributed by atoms with E-state index in [1.54, 1.807) is 0 Å². The summed E-state index contributed by atoms with van der Waals surface area (Å²) in [5.74, 6) is 11.5. The van der Waals surface area contributed by atoms with Crippen LogP contribution in [-0.2, 0) is 37.4 Å². The molecular formula is C23H37OY-. The second-order valence-electron chi connectivity index (χ2n) is 8.65. The first kappa shape index (κ1) is 21.9. The molecule has 0 bridgehead atoms. The molecule has 0 saturated heterocycles. The third kappa shape index (κ3) is 6.94. The van der Waals surface area contributed by atoms with Crippen molar-refractivity contribution < 1.29 is 37.4 Å². The third-order valence-electron chi connectivity index (χ3n) is 6.86. The van der Waals surface area contributed by atoms with Gasteiger partial charge in [0.15, 0.2) is 0 Å². The van der Waals surface area contributed by atoms with Crippen molar-refractivity contribution in [2.45, 2.75) is 90.6 Å². The summed E-state index contributed by atoms with van der Waals surface area (Å²) in [5.41, 5.74) is 0. The molecule has 0 aromatic heterocycles. The van der Waals surface area contributed by atoms with Gasteiger partial charge in [0.05, 0.1) is 0 Å². The summed E-state index contributed by atoms with van der Waals surface area (Å²) in [6.45, 7) is 5.37. The molecule has 0 amide bonds. The van der Waals surface area contributed by atoms with Gasteiger partial charge in [0.25, 0.3) is 0 Å². The normalized spacial score (nSPS) is 39.0. The van der Waals surface area contributed by atoms with Crippen molar-refractivity contribution in [1.82, 2.24) is 0 Å². The van der Waals surface area contributed by atoms with Crippen molar-refractivity contribution in [3.8, 4) is 11.8 Å². The van der Waals surface area contributed by atoms with Gasteiger partial charge in [-0.15, -0.1) is 17.8 Å². The number of ether oxygens (including phenoxy) is 1. The first-order valence-electron chi connectivity index (χ1n) is 10.7. The van der Waals surface area contributed by atoms with E-state index in [2.05, 4.69) is 32.1 Å². The molecule has 1 radical (unpaired) electrons. The van der Waals surface area contributed by atoms with Gasteiger partial charge < -0.3 is 11.2 Å². The molecule has 3 fully saturated rings. The molecule has 0 aromatic rings. The van der Waals surface area contributed by atoms with E-state index in [1.165, 1.54) is 64.2 Å². The van der Waals surface area contributed by atoms with E-state index >= 15 is 0 Å². The van der Waals surface area contributed by atoms with Gasteiger partial charge in [0.2, 0.25) is 0 Å². The second-order valence-corrected chi connectivity index (χ2v) is 8.65. The van der Waals surface area contributed by atoms with E-state index in [0.717, 1.165) is 30.8 Å². The van der Waals surface area contributed by atoms with Crippen LogP contribution in [0, 0.1) is 47.9 Å². The third-order valence-corrected chi connectivity index (χ3v) is 6.86. The van der Waals surface area contributed by atoms with Crippen LogP contribution in [0.5, 0.6) is 0 Å². The summed E-state index contributed by atoms with van der Waals surface area (Å²) in [7, 11) is 0. The second kappa shape index (κ2) is 11.5. The summed E-state index contributed by atoms with van der Waals surface area (Å²) in [6, 6.07) is 0. The predicted molar refractivity (Wildman–Crippen MR) is 101 cm³/mol. The molecule has 0 spiro atoms. The monoisotopic (exact) mass is 418 g/mol. The molecule has 25 heavy (non-hydrogen) atoms. The molecule has 139 valence electrons. The van der Waals surface area contributed by atoms with Crippen molar-refractivity contribution in [3.05, 3.63) is 6.42 Å². The van der Waals surface area contributed by atoms with E-state index < -0.39 is 0 Å². The van der Waals surface area contributed by atoms with E-state index in [-0.39, 0.29) is 32.7 Å².